The summed E-state index contributed by atoms with van der Waals surface area (Å²) in [4.78, 5) is 2.66. The molecule has 2 rings (SSSR count). The molecule has 0 radical (unpaired) electrons. The predicted molar refractivity (Wildman–Crippen MR) is 75.5 cm³/mol. The molecule has 1 heterocycles. The maximum atomic E-state index is 5.94. The van der Waals surface area contributed by atoms with Crippen LogP contribution < -0.4 is 5.32 Å². The summed E-state index contributed by atoms with van der Waals surface area (Å²) >= 11 is 11.2. The van der Waals surface area contributed by atoms with Gasteiger partial charge in [0.2, 0.25) is 0 Å². The molecule has 0 atom stereocenters. The lowest BCUT2D eigenvalue weighted by molar-refractivity contribution is 1.19. The molecule has 0 amide bonds. The highest BCUT2D eigenvalue weighted by Crippen LogP contribution is 2.27. The zero-order chi connectivity index (χ0) is 11.5. The lowest BCUT2D eigenvalue weighted by Gasteiger charge is -2.07. The maximum absolute atomic E-state index is 5.94. The van der Waals surface area contributed by atoms with Gasteiger partial charge in [0.25, 0.3) is 0 Å². The number of rotatable bonds is 3. The molecule has 16 heavy (non-hydrogen) atoms. The molecule has 2 aromatic rings. The van der Waals surface area contributed by atoms with Gasteiger partial charge in [-0.05, 0) is 53.2 Å². The van der Waals surface area contributed by atoms with E-state index in [1.165, 1.54) is 9.75 Å². The van der Waals surface area contributed by atoms with Crippen LogP contribution in [-0.4, -0.2) is 0 Å². The van der Waals surface area contributed by atoms with E-state index in [1.807, 2.05) is 18.2 Å². The minimum atomic E-state index is 0.744. The van der Waals surface area contributed by atoms with E-state index in [9.17, 15) is 0 Å². The molecule has 0 aliphatic carbocycles. The lowest BCUT2D eigenvalue weighted by atomic mass is 10.3. The third-order valence-corrected chi connectivity index (χ3v) is 4.10. The first-order valence-electron chi connectivity index (χ1n) is 4.89. The molecule has 0 unspecified atom stereocenters. The molecule has 84 valence electrons. The molecule has 1 N–H and O–H groups in total. The summed E-state index contributed by atoms with van der Waals surface area (Å²) < 4.78 is 1.03. The van der Waals surface area contributed by atoms with E-state index in [-0.39, 0.29) is 0 Å². The van der Waals surface area contributed by atoms with Gasteiger partial charge in [0.05, 0.1) is 5.69 Å². The zero-order valence-corrected chi connectivity index (χ0v) is 11.9. The van der Waals surface area contributed by atoms with Gasteiger partial charge in [-0.2, -0.15) is 0 Å². The highest BCUT2D eigenvalue weighted by Gasteiger charge is 2.01. The van der Waals surface area contributed by atoms with Crippen LogP contribution in [0.15, 0.2) is 34.8 Å². The summed E-state index contributed by atoms with van der Waals surface area (Å²) in [5.74, 6) is 0. The van der Waals surface area contributed by atoms with E-state index in [2.05, 4.69) is 40.3 Å². The lowest BCUT2D eigenvalue weighted by Crippen LogP contribution is -1.97. The van der Waals surface area contributed by atoms with Crippen molar-refractivity contribution in [2.45, 2.75) is 13.5 Å². The quantitative estimate of drug-likeness (QED) is 0.832. The van der Waals surface area contributed by atoms with Gasteiger partial charge in [-0.15, -0.1) is 11.3 Å². The number of aryl methyl sites for hydroxylation is 1. The summed E-state index contributed by atoms with van der Waals surface area (Å²) in [6, 6.07) is 10.0. The monoisotopic (exact) mass is 315 g/mol. The highest BCUT2D eigenvalue weighted by atomic mass is 79.9. The summed E-state index contributed by atoms with van der Waals surface area (Å²) in [6.45, 7) is 2.95. The van der Waals surface area contributed by atoms with Gasteiger partial charge >= 0.3 is 0 Å². The number of thiophene rings is 1. The van der Waals surface area contributed by atoms with Crippen LogP contribution in [0.4, 0.5) is 5.69 Å². The fourth-order valence-electron chi connectivity index (χ4n) is 1.40. The number of anilines is 1. The van der Waals surface area contributed by atoms with Crippen molar-refractivity contribution in [2.24, 2.45) is 0 Å². The smallest absolute Gasteiger partial charge is 0.0502 e. The van der Waals surface area contributed by atoms with Gasteiger partial charge in [-0.25, -0.2) is 0 Å². The van der Waals surface area contributed by atoms with Crippen molar-refractivity contribution in [3.05, 3.63) is 49.6 Å². The SMILES string of the molecule is Cc1ccc(CNc2cc(Cl)ccc2Br)s1. The Balaban J connectivity index is 2.07. The van der Waals surface area contributed by atoms with Crippen LogP contribution in [0.5, 0.6) is 0 Å². The van der Waals surface area contributed by atoms with Crippen molar-refractivity contribution >= 4 is 44.6 Å². The van der Waals surface area contributed by atoms with Crippen LogP contribution in [0, 0.1) is 6.92 Å². The molecular weight excluding hydrogens is 306 g/mol. The number of benzene rings is 1. The second-order valence-corrected chi connectivity index (χ2v) is 6.15. The van der Waals surface area contributed by atoms with Crippen molar-refractivity contribution in [1.29, 1.82) is 0 Å². The average Bonchev–Trinajstić information content (AvgIpc) is 2.66. The van der Waals surface area contributed by atoms with Crippen molar-refractivity contribution < 1.29 is 0 Å². The fraction of sp³-hybridized carbons (Fsp3) is 0.167. The average molecular weight is 317 g/mol. The van der Waals surface area contributed by atoms with Gasteiger partial charge in [-0.3, -0.25) is 0 Å². The van der Waals surface area contributed by atoms with Crippen LogP contribution in [0.3, 0.4) is 0 Å². The molecular formula is C12H11BrClNS. The fourth-order valence-corrected chi connectivity index (χ4v) is 2.78. The van der Waals surface area contributed by atoms with Gasteiger partial charge in [0, 0.05) is 25.8 Å². The predicted octanol–water partition coefficient (Wildman–Crippen LogP) is 5.08. The van der Waals surface area contributed by atoms with Gasteiger partial charge < -0.3 is 5.32 Å². The second kappa shape index (κ2) is 5.21. The Bertz CT molecular complexity index is 496. The summed E-state index contributed by atoms with van der Waals surface area (Å²) in [5.41, 5.74) is 1.03. The molecule has 1 aromatic carbocycles. The van der Waals surface area contributed by atoms with Gasteiger partial charge in [0.1, 0.15) is 0 Å². The van der Waals surface area contributed by atoms with Crippen LogP contribution in [0.2, 0.25) is 5.02 Å². The number of hydrogen-bond donors (Lipinski definition) is 1. The van der Waals surface area contributed by atoms with Crippen LogP contribution in [-0.2, 0) is 6.54 Å². The van der Waals surface area contributed by atoms with E-state index < -0.39 is 0 Å². The summed E-state index contributed by atoms with van der Waals surface area (Å²) in [7, 11) is 0. The normalized spacial score (nSPS) is 10.4. The number of nitrogens with one attached hydrogen (secondary N) is 1. The van der Waals surface area contributed by atoms with Crippen LogP contribution in [0.25, 0.3) is 0 Å². The maximum Gasteiger partial charge on any atom is 0.0502 e. The van der Waals surface area contributed by atoms with Crippen molar-refractivity contribution in [1.82, 2.24) is 0 Å². The first-order valence-corrected chi connectivity index (χ1v) is 6.88. The van der Waals surface area contributed by atoms with Crippen LogP contribution >= 0.6 is 38.9 Å². The van der Waals surface area contributed by atoms with E-state index in [1.54, 1.807) is 11.3 Å². The molecule has 1 aromatic heterocycles. The first-order chi connectivity index (χ1) is 7.65. The summed E-state index contributed by atoms with van der Waals surface area (Å²) in [6.07, 6.45) is 0. The molecule has 1 nitrogen and oxygen atoms in total. The standard InChI is InChI=1S/C12H11BrClNS/c1-8-2-4-10(16-8)7-15-12-6-9(14)3-5-11(12)13/h2-6,15H,7H2,1H3. The molecule has 0 fully saturated rings. The van der Waals surface area contributed by atoms with Crippen molar-refractivity contribution in [3.8, 4) is 0 Å². The summed E-state index contributed by atoms with van der Waals surface area (Å²) in [5, 5.41) is 4.11. The van der Waals surface area contributed by atoms with Crippen LogP contribution in [0.1, 0.15) is 9.75 Å². The molecule has 4 heteroatoms. The molecule has 0 aliphatic heterocycles. The third kappa shape index (κ3) is 3.00. The zero-order valence-electron chi connectivity index (χ0n) is 8.76. The Morgan fingerprint density at radius 3 is 2.81 bits per heavy atom. The second-order valence-electron chi connectivity index (χ2n) is 3.49. The highest BCUT2D eigenvalue weighted by molar-refractivity contribution is 9.10. The molecule has 0 saturated heterocycles. The van der Waals surface area contributed by atoms with Crippen molar-refractivity contribution in [2.75, 3.05) is 5.32 Å². The Kier molecular flexibility index (Phi) is 3.90. The Morgan fingerprint density at radius 2 is 2.12 bits per heavy atom. The van der Waals surface area contributed by atoms with E-state index in [4.69, 9.17) is 11.6 Å². The van der Waals surface area contributed by atoms with E-state index in [0.717, 1.165) is 21.7 Å². The minimum absolute atomic E-state index is 0.744. The first kappa shape index (κ1) is 12.0. The largest absolute Gasteiger partial charge is 0.379 e. The Morgan fingerprint density at radius 1 is 1.31 bits per heavy atom. The molecule has 0 saturated carbocycles. The minimum Gasteiger partial charge on any atom is -0.379 e. The Hall–Kier alpha value is -0.510. The Labute approximate surface area is 113 Å². The van der Waals surface area contributed by atoms with E-state index in [0.29, 0.717) is 0 Å². The molecule has 0 bridgehead atoms. The topological polar surface area (TPSA) is 12.0 Å². The number of hydrogen-bond acceptors (Lipinski definition) is 2. The van der Waals surface area contributed by atoms with Gasteiger partial charge in [0.15, 0.2) is 0 Å². The molecule has 0 aliphatic rings. The van der Waals surface area contributed by atoms with E-state index >= 15 is 0 Å². The number of halogens is 2. The van der Waals surface area contributed by atoms with Crippen molar-refractivity contribution in [3.63, 3.8) is 0 Å². The third-order valence-electron chi connectivity index (χ3n) is 2.18. The molecule has 0 spiro atoms. The van der Waals surface area contributed by atoms with Gasteiger partial charge in [-0.1, -0.05) is 11.6 Å².